The molecule has 6 heteroatoms. The molecule has 24 heavy (non-hydrogen) atoms. The van der Waals surface area contributed by atoms with Gasteiger partial charge < -0.3 is 14.2 Å². The van der Waals surface area contributed by atoms with E-state index in [1.54, 1.807) is 18.8 Å². The zero-order chi connectivity index (χ0) is 17.9. The van der Waals surface area contributed by atoms with Crippen LogP contribution in [0, 0.1) is 34.6 Å². The third-order valence-electron chi connectivity index (χ3n) is 4.09. The molecule has 0 unspecified atom stereocenters. The Morgan fingerprint density at radius 3 is 0.958 bits per heavy atom. The van der Waals surface area contributed by atoms with Gasteiger partial charge in [-0.25, -0.2) is 0 Å². The topological polar surface area (TPSA) is 99.1 Å². The second-order valence-electron chi connectivity index (χ2n) is 5.07. The van der Waals surface area contributed by atoms with Crippen molar-refractivity contribution in [3.8, 4) is 18.8 Å². The lowest BCUT2D eigenvalue weighted by Gasteiger charge is -2.24. The van der Waals surface area contributed by atoms with Crippen molar-refractivity contribution in [3.63, 3.8) is 0 Å². The summed E-state index contributed by atoms with van der Waals surface area (Å²) in [5.74, 6) is 0. The standard InChI is InChI=1S/C18H21N3O3/c1-4-13-16(7-22-10-19)14(5-2)18(9-24-12-21)15(6-3)17(13)8-23-11-20/h4-9H2,1-3H3. The SMILES string of the molecule is CCc1c(COC#N)c(CC)c(COC#N)c(CC)c1COC#N. The number of rotatable bonds is 9. The van der Waals surface area contributed by atoms with E-state index in [1.807, 2.05) is 20.8 Å². The zero-order valence-electron chi connectivity index (χ0n) is 14.3. The number of benzene rings is 1. The van der Waals surface area contributed by atoms with Gasteiger partial charge in [-0.3, -0.25) is 0 Å². The first-order valence-electron chi connectivity index (χ1n) is 7.89. The van der Waals surface area contributed by atoms with Gasteiger partial charge in [0.2, 0.25) is 0 Å². The van der Waals surface area contributed by atoms with E-state index in [0.29, 0.717) is 0 Å². The average Bonchev–Trinajstić information content (AvgIpc) is 2.61. The third-order valence-corrected chi connectivity index (χ3v) is 4.09. The molecule has 0 aliphatic rings. The molecule has 0 bridgehead atoms. The van der Waals surface area contributed by atoms with Crippen LogP contribution in [0.15, 0.2) is 0 Å². The number of nitriles is 3. The lowest BCUT2D eigenvalue weighted by Crippen LogP contribution is -2.14. The maximum atomic E-state index is 8.77. The van der Waals surface area contributed by atoms with E-state index in [4.69, 9.17) is 30.0 Å². The maximum Gasteiger partial charge on any atom is 0.286 e. The van der Waals surface area contributed by atoms with Crippen molar-refractivity contribution in [2.24, 2.45) is 0 Å². The van der Waals surface area contributed by atoms with E-state index in [-0.39, 0.29) is 19.8 Å². The minimum absolute atomic E-state index is 0.159. The zero-order valence-corrected chi connectivity index (χ0v) is 14.3. The quantitative estimate of drug-likeness (QED) is 0.645. The molecule has 0 aromatic heterocycles. The van der Waals surface area contributed by atoms with Crippen molar-refractivity contribution in [2.45, 2.75) is 59.9 Å². The molecule has 0 amide bonds. The van der Waals surface area contributed by atoms with Crippen LogP contribution in [-0.4, -0.2) is 0 Å². The van der Waals surface area contributed by atoms with Gasteiger partial charge in [-0.15, -0.1) is 0 Å². The number of nitrogens with zero attached hydrogens (tertiary/aromatic N) is 3. The Morgan fingerprint density at radius 1 is 0.542 bits per heavy atom. The highest BCUT2D eigenvalue weighted by atomic mass is 16.5. The van der Waals surface area contributed by atoms with Crippen molar-refractivity contribution in [1.82, 2.24) is 0 Å². The maximum absolute atomic E-state index is 8.77. The van der Waals surface area contributed by atoms with Crippen LogP contribution in [0.4, 0.5) is 0 Å². The molecule has 1 aromatic carbocycles. The van der Waals surface area contributed by atoms with E-state index in [2.05, 4.69) is 0 Å². The molecule has 0 saturated carbocycles. The summed E-state index contributed by atoms with van der Waals surface area (Å²) in [5.41, 5.74) is 5.88. The Kier molecular flexibility index (Phi) is 7.96. The van der Waals surface area contributed by atoms with Crippen LogP contribution in [0.3, 0.4) is 0 Å². The molecule has 0 aliphatic carbocycles. The smallest absolute Gasteiger partial charge is 0.286 e. The fraction of sp³-hybridized carbons (Fsp3) is 0.500. The largest absolute Gasteiger partial charge is 0.423 e. The highest BCUT2D eigenvalue weighted by Crippen LogP contribution is 2.32. The molecule has 126 valence electrons. The summed E-state index contributed by atoms with van der Waals surface area (Å²) in [6, 6.07) is 0. The Balaban J connectivity index is 3.69. The molecule has 0 N–H and O–H groups in total. The van der Waals surface area contributed by atoms with Gasteiger partial charge in [0.25, 0.3) is 18.8 Å². The van der Waals surface area contributed by atoms with Gasteiger partial charge in [0.15, 0.2) is 0 Å². The molecule has 6 nitrogen and oxygen atoms in total. The van der Waals surface area contributed by atoms with Crippen LogP contribution < -0.4 is 0 Å². The number of hydrogen-bond donors (Lipinski definition) is 0. The molecule has 0 radical (unpaired) electrons. The van der Waals surface area contributed by atoms with Crippen molar-refractivity contribution in [2.75, 3.05) is 0 Å². The second kappa shape index (κ2) is 9.98. The molecular weight excluding hydrogens is 306 g/mol. The van der Waals surface area contributed by atoms with Gasteiger partial charge in [0.1, 0.15) is 19.8 Å². The number of ether oxygens (including phenoxy) is 3. The molecule has 1 rings (SSSR count). The first kappa shape index (κ1) is 19.1. The normalized spacial score (nSPS) is 9.50. The number of hydrogen-bond acceptors (Lipinski definition) is 6. The highest BCUT2D eigenvalue weighted by Gasteiger charge is 2.22. The summed E-state index contributed by atoms with van der Waals surface area (Å²) in [6.07, 6.45) is 7.31. The fourth-order valence-corrected chi connectivity index (χ4v) is 3.21. The van der Waals surface area contributed by atoms with Gasteiger partial charge in [0, 0.05) is 0 Å². The summed E-state index contributed by atoms with van der Waals surface area (Å²) in [5, 5.41) is 26.3. The Bertz CT molecular complexity index is 577. The lowest BCUT2D eigenvalue weighted by molar-refractivity contribution is 0.241. The van der Waals surface area contributed by atoms with Crippen LogP contribution in [0.25, 0.3) is 0 Å². The predicted molar refractivity (Wildman–Crippen MR) is 85.8 cm³/mol. The molecule has 0 saturated heterocycles. The summed E-state index contributed by atoms with van der Waals surface area (Å²) in [7, 11) is 0. The Labute approximate surface area is 142 Å². The molecule has 0 atom stereocenters. The Morgan fingerprint density at radius 2 is 0.792 bits per heavy atom. The summed E-state index contributed by atoms with van der Waals surface area (Å²) >= 11 is 0. The third kappa shape index (κ3) is 4.09. The average molecular weight is 327 g/mol. The van der Waals surface area contributed by atoms with Gasteiger partial charge >= 0.3 is 0 Å². The van der Waals surface area contributed by atoms with Gasteiger partial charge in [-0.2, -0.15) is 15.8 Å². The van der Waals surface area contributed by atoms with Crippen molar-refractivity contribution >= 4 is 0 Å². The monoisotopic (exact) mass is 327 g/mol. The van der Waals surface area contributed by atoms with E-state index in [1.165, 1.54) is 0 Å². The first-order valence-corrected chi connectivity index (χ1v) is 7.89. The molecule has 0 aliphatic heterocycles. The molecular formula is C18H21N3O3. The predicted octanol–water partition coefficient (Wildman–Crippen LogP) is 3.37. The highest BCUT2D eigenvalue weighted by molar-refractivity contribution is 5.52. The van der Waals surface area contributed by atoms with Gasteiger partial charge in [0.05, 0.1) is 0 Å². The van der Waals surface area contributed by atoms with Crippen LogP contribution in [0.2, 0.25) is 0 Å². The molecule has 0 spiro atoms. The van der Waals surface area contributed by atoms with Crippen LogP contribution in [0.1, 0.15) is 54.2 Å². The van der Waals surface area contributed by atoms with E-state index >= 15 is 0 Å². The lowest BCUT2D eigenvalue weighted by atomic mass is 9.84. The van der Waals surface area contributed by atoms with Gasteiger partial charge in [-0.1, -0.05) is 20.8 Å². The summed E-state index contributed by atoms with van der Waals surface area (Å²) in [6.45, 7) is 6.53. The minimum atomic E-state index is 0.159. The molecule has 0 heterocycles. The van der Waals surface area contributed by atoms with Crippen molar-refractivity contribution < 1.29 is 14.2 Å². The summed E-state index contributed by atoms with van der Waals surface area (Å²) in [4.78, 5) is 0. The summed E-state index contributed by atoms with van der Waals surface area (Å²) < 4.78 is 15.0. The van der Waals surface area contributed by atoms with Crippen LogP contribution >= 0.6 is 0 Å². The minimum Gasteiger partial charge on any atom is -0.423 e. The van der Waals surface area contributed by atoms with Crippen molar-refractivity contribution in [1.29, 1.82) is 15.8 Å². The van der Waals surface area contributed by atoms with Crippen LogP contribution in [0.5, 0.6) is 0 Å². The van der Waals surface area contributed by atoms with E-state index in [9.17, 15) is 0 Å². The molecule has 0 fully saturated rings. The van der Waals surface area contributed by atoms with Crippen LogP contribution in [-0.2, 0) is 53.3 Å². The molecule has 1 aromatic rings. The van der Waals surface area contributed by atoms with E-state index in [0.717, 1.165) is 52.6 Å². The van der Waals surface area contributed by atoms with Crippen molar-refractivity contribution in [3.05, 3.63) is 33.4 Å². The fourth-order valence-electron chi connectivity index (χ4n) is 3.21. The Hall–Kier alpha value is -2.91. The van der Waals surface area contributed by atoms with Gasteiger partial charge in [-0.05, 0) is 52.6 Å². The second-order valence-corrected chi connectivity index (χ2v) is 5.07. The van der Waals surface area contributed by atoms with E-state index < -0.39 is 0 Å². The first-order chi connectivity index (χ1) is 11.7.